The Labute approximate surface area is 726 Å². The number of H-pyrrole nitrogens is 4. The van der Waals surface area contributed by atoms with Crippen LogP contribution in [0.1, 0.15) is 211 Å². The molecule has 0 radical (unpaired) electrons. The van der Waals surface area contributed by atoms with Crippen LogP contribution in [-0.4, -0.2) is 210 Å². The van der Waals surface area contributed by atoms with E-state index in [1.54, 1.807) is 0 Å². The number of rotatable bonds is 14. The van der Waals surface area contributed by atoms with Crippen LogP contribution < -0.4 is 40.9 Å². The average molecular weight is 1690 g/mol. The van der Waals surface area contributed by atoms with Crippen LogP contribution >= 0.6 is 34.8 Å². The van der Waals surface area contributed by atoms with E-state index in [9.17, 15) is 0 Å². The highest BCUT2D eigenvalue weighted by Crippen LogP contribution is 2.42. The van der Waals surface area contributed by atoms with Crippen LogP contribution in [0.4, 0.5) is 22.7 Å². The Morgan fingerprint density at radius 3 is 1.07 bits per heavy atom. The largest absolute Gasteiger partial charge is 0.367 e. The molecule has 0 bridgehead atoms. The second-order valence-corrected chi connectivity index (χ2v) is 36.1. The predicted molar refractivity (Wildman–Crippen MR) is 491 cm³/mol. The van der Waals surface area contributed by atoms with Crippen molar-refractivity contribution in [3.63, 3.8) is 0 Å². The van der Waals surface area contributed by atoms with E-state index < -0.39 is 0 Å². The maximum absolute atomic E-state index is 6.43. The fourth-order valence-electron chi connectivity index (χ4n) is 20.2. The van der Waals surface area contributed by atoms with Crippen molar-refractivity contribution in [1.82, 2.24) is 101 Å². The Morgan fingerprint density at radius 1 is 0.355 bits per heavy atom. The first kappa shape index (κ1) is 83.0. The zero-order chi connectivity index (χ0) is 82.5. The molecule has 8 N–H and O–H groups in total. The van der Waals surface area contributed by atoms with Crippen molar-refractivity contribution in [2.75, 3.05) is 138 Å². The Bertz CT molecular complexity index is 5440. The number of pyridine rings is 4. The summed E-state index contributed by atoms with van der Waals surface area (Å²) in [6.45, 7) is 27.6. The van der Waals surface area contributed by atoms with Gasteiger partial charge in [-0.1, -0.05) is 72.1 Å². The number of piperazine rings is 4. The molecule has 1 unspecified atom stereocenters. The summed E-state index contributed by atoms with van der Waals surface area (Å²) in [4.78, 5) is 73.1. The number of imidazole rings is 4. The van der Waals surface area contributed by atoms with E-state index in [0.717, 1.165) is 275 Å². The first-order chi connectivity index (χ1) is 59.3. The smallest absolute Gasteiger partial charge is 0.124 e. The van der Waals surface area contributed by atoms with Crippen molar-refractivity contribution in [2.24, 2.45) is 0 Å². The van der Waals surface area contributed by atoms with Gasteiger partial charge in [0.1, 0.15) is 45.4 Å². The van der Waals surface area contributed by atoms with E-state index in [0.29, 0.717) is 18.1 Å². The minimum atomic E-state index is 0.157. The van der Waals surface area contributed by atoms with E-state index in [1.807, 2.05) is 67.3 Å². The summed E-state index contributed by atoms with van der Waals surface area (Å²) >= 11 is 19.3. The maximum Gasteiger partial charge on any atom is 0.124 e. The third-order valence-electron chi connectivity index (χ3n) is 27.0. The van der Waals surface area contributed by atoms with Crippen molar-refractivity contribution in [3.8, 4) is 0 Å². The first-order valence-corrected chi connectivity index (χ1v) is 46.0. The van der Waals surface area contributed by atoms with Gasteiger partial charge in [0.2, 0.25) is 0 Å². The summed E-state index contributed by atoms with van der Waals surface area (Å²) < 4.78 is 0. The molecule has 12 aromatic rings. The number of nitrogens with one attached hydrogen (secondary N) is 8. The van der Waals surface area contributed by atoms with E-state index in [-0.39, 0.29) is 42.3 Å². The molecule has 0 aliphatic carbocycles. The molecule has 9 saturated heterocycles. The lowest BCUT2D eigenvalue weighted by Crippen LogP contribution is -2.50. The van der Waals surface area contributed by atoms with Crippen molar-refractivity contribution in [3.05, 3.63) is 213 Å². The highest BCUT2D eigenvalue weighted by Gasteiger charge is 2.36. The molecule has 4 aromatic carbocycles. The average Bonchev–Trinajstić information content (AvgIpc) is 2.05. The van der Waals surface area contributed by atoms with Crippen molar-refractivity contribution >= 4 is 102 Å². The van der Waals surface area contributed by atoms with Gasteiger partial charge in [-0.25, -0.2) is 19.9 Å². The molecule has 27 heteroatoms. The van der Waals surface area contributed by atoms with Crippen LogP contribution in [0.15, 0.2) is 146 Å². The normalized spacial score (nSPS) is 24.2. The number of hydrogen-bond donors (Lipinski definition) is 8. The standard InChI is InChI=1S/C24H29ClN6.C24H31ClN6.C23H29ClN6.C23H30N6/c25-17-6-3-11-26-22(17)18-7-1-9-20(27-18)24-28-19-8-2-10-21(23(19)29-24)31-14-13-30-12-4-5-16(30)15-31;1-16(2)30-12-14-31(15-13-30)21-10-4-8-19-23(21)29-24(28-19)20-9-3-7-18(27-20)22-17(25)6-5-11-26-22;1-2-29-12-14-30(15-13-29)20-10-4-8-18-22(20)28-23(27-18)19-9-3-7-17(26-19)21-16(24)6-5-11-25-21;1-16-6-5-11-24-21(16)17-7-3-9-19(25-17)23-26-18-8-4-10-20(22(18)27-23)29-14-12-28(2)13-15-29/h2-3,6,8,10-11,16,18,20,27H,1,4-5,7,9,12-15H2,(H,28,29);4-6,8,10-11,16,18,20,27H,3,7,9,12-15H2,1-2H3,(H,28,29);4-6,8,10-11,17,19,26H,2-3,7,9,12-15H2,1H3,(H,27,28);4-6,8,10-11,17,19,25H,3,7,9,12-15H2,1-2H3,(H,26,27)/t16?,18-,20+;18-,20+;2*17-,19+/m0000/s1. The Morgan fingerprint density at radius 2 is 0.694 bits per heavy atom. The molecule has 9 atom stereocenters. The van der Waals surface area contributed by atoms with Gasteiger partial charge in [-0.15, -0.1) is 0 Å². The number of benzene rings is 4. The van der Waals surface area contributed by atoms with Gasteiger partial charge in [-0.3, -0.25) is 51.0 Å². The van der Waals surface area contributed by atoms with Gasteiger partial charge in [-0.2, -0.15) is 0 Å². The Kier molecular flexibility index (Phi) is 26.1. The monoisotopic (exact) mass is 1690 g/mol. The molecular weight excluding hydrogens is 1570 g/mol. The quantitative estimate of drug-likeness (QED) is 0.0505. The number of nitrogens with zero attached hydrogens (tertiary/aromatic N) is 16. The molecular formula is C94H119Cl3N24. The number of piperidine rings is 4. The molecule has 9 aliphatic rings. The Hall–Kier alpha value is -8.89. The second kappa shape index (κ2) is 38.1. The van der Waals surface area contributed by atoms with Gasteiger partial charge in [-0.05, 0) is 227 Å². The number of fused-ring (bicyclic) bond motifs is 5. The minimum absolute atomic E-state index is 0.157. The highest BCUT2D eigenvalue weighted by molar-refractivity contribution is 6.31. The van der Waals surface area contributed by atoms with Crippen molar-refractivity contribution in [2.45, 2.75) is 178 Å². The lowest BCUT2D eigenvalue weighted by molar-refractivity contribution is 0.209. The summed E-state index contributed by atoms with van der Waals surface area (Å²) in [5.41, 5.74) is 19.1. The predicted octanol–water partition coefficient (Wildman–Crippen LogP) is 17.0. The van der Waals surface area contributed by atoms with Crippen LogP contribution in [0.5, 0.6) is 0 Å². The van der Waals surface area contributed by atoms with Gasteiger partial charge < -0.3 is 49.3 Å². The molecule has 21 rings (SSSR count). The summed E-state index contributed by atoms with van der Waals surface area (Å²) in [6.07, 6.45) is 23.1. The van der Waals surface area contributed by atoms with E-state index in [2.05, 4.69) is 214 Å². The molecule has 9 fully saturated rings. The molecule has 17 heterocycles. The van der Waals surface area contributed by atoms with Crippen LogP contribution in [0.3, 0.4) is 0 Å². The van der Waals surface area contributed by atoms with E-state index in [1.165, 1.54) is 59.8 Å². The summed E-state index contributed by atoms with van der Waals surface area (Å²) in [5.74, 6) is 4.11. The fourth-order valence-corrected chi connectivity index (χ4v) is 20.9. The summed E-state index contributed by atoms with van der Waals surface area (Å²) in [7, 11) is 2.19. The van der Waals surface area contributed by atoms with Crippen molar-refractivity contribution < 1.29 is 0 Å². The zero-order valence-corrected chi connectivity index (χ0v) is 73.1. The van der Waals surface area contributed by atoms with Gasteiger partial charge >= 0.3 is 0 Å². The van der Waals surface area contributed by atoms with Crippen LogP contribution in [0, 0.1) is 6.92 Å². The summed E-state index contributed by atoms with van der Waals surface area (Å²) in [6, 6.07) is 44.4. The van der Waals surface area contributed by atoms with Crippen LogP contribution in [0.2, 0.25) is 15.1 Å². The minimum Gasteiger partial charge on any atom is -0.367 e. The number of hydrogen-bond acceptors (Lipinski definition) is 20. The summed E-state index contributed by atoms with van der Waals surface area (Å²) in [5, 5.41) is 17.3. The molecule has 0 spiro atoms. The number of halogens is 3. The highest BCUT2D eigenvalue weighted by atomic mass is 35.5. The van der Waals surface area contributed by atoms with Crippen LogP contribution in [-0.2, 0) is 0 Å². The number of aromatic nitrogens is 12. The number of likely N-dealkylation sites (N-methyl/N-ethyl adjacent to an activating group) is 2. The van der Waals surface area contributed by atoms with Gasteiger partial charge in [0.15, 0.2) is 0 Å². The third kappa shape index (κ3) is 18.7. The SMILES string of the molecule is CC(C)N1CCN(c2cccc3[nH]c([C@H]4CCC[C@@H](c5ncccc5Cl)N4)nc23)CC1.CCN1CCN(c2cccc3[nH]c([C@H]4CCC[C@@H](c5ncccc5Cl)N4)nc23)CC1.Cc1cccnc1[C@@H]1CCC[C@H](c2nc3c(N4CCN(C)CC4)cccc3[nH]2)N1.Clc1cccnc1[C@@H]1CCC[C@H](c2nc3c(N4CCN5CCCC5C4)cccc3[nH]2)N1. The van der Waals surface area contributed by atoms with E-state index >= 15 is 0 Å². The third-order valence-corrected chi connectivity index (χ3v) is 27.9. The zero-order valence-electron chi connectivity index (χ0n) is 70.8. The fraction of sp³-hybridized carbons (Fsp3) is 0.489. The number of anilines is 4. The molecule has 24 nitrogen and oxygen atoms in total. The van der Waals surface area contributed by atoms with Crippen molar-refractivity contribution in [1.29, 1.82) is 0 Å². The van der Waals surface area contributed by atoms with Gasteiger partial charge in [0.05, 0.1) is 131 Å². The molecule has 0 saturated carbocycles. The lowest BCUT2D eigenvalue weighted by atomic mass is 9.94. The topological polar surface area (TPSA) is 240 Å². The lowest BCUT2D eigenvalue weighted by Gasteiger charge is -2.38. The number of aromatic amines is 4. The number of para-hydroxylation sites is 4. The van der Waals surface area contributed by atoms with Gasteiger partial charge in [0, 0.05) is 135 Å². The molecule has 0 amide bonds. The second-order valence-electron chi connectivity index (χ2n) is 34.9. The molecule has 121 heavy (non-hydrogen) atoms. The number of aryl methyl sites for hydroxylation is 1. The first-order valence-electron chi connectivity index (χ1n) is 44.9. The van der Waals surface area contributed by atoms with E-state index in [4.69, 9.17) is 54.7 Å². The molecule has 636 valence electrons. The van der Waals surface area contributed by atoms with Crippen LogP contribution in [0.25, 0.3) is 44.1 Å². The molecule has 9 aliphatic heterocycles. The van der Waals surface area contributed by atoms with Gasteiger partial charge in [0.25, 0.3) is 0 Å². The maximum atomic E-state index is 6.43. The Balaban J connectivity index is 0.000000110. The molecule has 8 aromatic heterocycles.